The molecule has 0 heterocycles. The second-order valence-electron chi connectivity index (χ2n) is 5.37. The predicted molar refractivity (Wildman–Crippen MR) is 91.3 cm³/mol. The number of carboxylic acid groups (broad SMARTS) is 2. The van der Waals surface area contributed by atoms with Crippen LogP contribution in [0.5, 0.6) is 0 Å². The third kappa shape index (κ3) is 18.3. The average Bonchev–Trinajstić information content (AvgIpc) is 2.55. The molecule has 6 nitrogen and oxygen atoms in total. The maximum atomic E-state index is 9.29. The fourth-order valence-corrected chi connectivity index (χ4v) is 1.85. The minimum atomic E-state index is -0.981. The van der Waals surface area contributed by atoms with Crippen LogP contribution in [-0.4, -0.2) is 45.6 Å². The van der Waals surface area contributed by atoms with E-state index in [0.717, 1.165) is 37.8 Å². The van der Waals surface area contributed by atoms with Gasteiger partial charge in [0.25, 0.3) is 0 Å². The highest BCUT2D eigenvalue weighted by molar-refractivity contribution is 5.79. The summed E-state index contributed by atoms with van der Waals surface area (Å²) >= 11 is 0. The van der Waals surface area contributed by atoms with Crippen LogP contribution in [0.3, 0.4) is 0 Å². The van der Waals surface area contributed by atoms with Crippen molar-refractivity contribution in [3.8, 4) is 0 Å². The third-order valence-corrected chi connectivity index (χ3v) is 3.28. The standard InChI is InChI=1S/C11H24O2.2C3H4O2/c1-4-6-11(8-12,9-13)7-10(3)5-2;2*1-2-3(4)5/h10,12-13H,4-9H2,1-3H3;2*2H,1H2,(H,4,5). The van der Waals surface area contributed by atoms with Crippen LogP contribution in [0.4, 0.5) is 0 Å². The summed E-state index contributed by atoms with van der Waals surface area (Å²) in [5.74, 6) is -1.37. The number of carboxylic acids is 2. The molecule has 0 rings (SSSR count). The maximum absolute atomic E-state index is 9.29. The summed E-state index contributed by atoms with van der Waals surface area (Å²) in [6.45, 7) is 12.6. The van der Waals surface area contributed by atoms with Gasteiger partial charge in [0.05, 0.1) is 13.2 Å². The van der Waals surface area contributed by atoms with E-state index in [2.05, 4.69) is 33.9 Å². The van der Waals surface area contributed by atoms with Crippen LogP contribution in [0.25, 0.3) is 0 Å². The van der Waals surface area contributed by atoms with Gasteiger partial charge in [-0.15, -0.1) is 0 Å². The number of rotatable bonds is 9. The Hall–Kier alpha value is -1.66. The molecule has 0 aliphatic rings. The van der Waals surface area contributed by atoms with E-state index >= 15 is 0 Å². The smallest absolute Gasteiger partial charge is 0.327 e. The lowest BCUT2D eigenvalue weighted by Gasteiger charge is -2.31. The molecule has 0 bridgehead atoms. The highest BCUT2D eigenvalue weighted by Crippen LogP contribution is 2.31. The zero-order valence-corrected chi connectivity index (χ0v) is 14.5. The van der Waals surface area contributed by atoms with Gasteiger partial charge in [-0.25, -0.2) is 9.59 Å². The molecule has 0 fully saturated rings. The van der Waals surface area contributed by atoms with Crippen molar-refractivity contribution in [3.05, 3.63) is 25.3 Å². The van der Waals surface area contributed by atoms with Gasteiger partial charge >= 0.3 is 11.9 Å². The fourth-order valence-electron chi connectivity index (χ4n) is 1.85. The van der Waals surface area contributed by atoms with Crippen molar-refractivity contribution in [2.45, 2.75) is 46.5 Å². The molecule has 4 N–H and O–H groups in total. The number of hydrogen-bond acceptors (Lipinski definition) is 4. The Morgan fingerprint density at radius 2 is 1.39 bits per heavy atom. The predicted octanol–water partition coefficient (Wildman–Crippen LogP) is 2.71. The average molecular weight is 332 g/mol. The van der Waals surface area contributed by atoms with Crippen LogP contribution in [-0.2, 0) is 9.59 Å². The summed E-state index contributed by atoms with van der Waals surface area (Å²) in [6.07, 6.45) is 5.66. The molecule has 0 aromatic rings. The van der Waals surface area contributed by atoms with E-state index in [1.807, 2.05) is 0 Å². The molecule has 1 unspecified atom stereocenters. The van der Waals surface area contributed by atoms with Crippen molar-refractivity contribution in [3.63, 3.8) is 0 Å². The Morgan fingerprint density at radius 3 is 1.57 bits per heavy atom. The highest BCUT2D eigenvalue weighted by atomic mass is 16.4. The van der Waals surface area contributed by atoms with E-state index in [1.54, 1.807) is 0 Å². The van der Waals surface area contributed by atoms with Crippen LogP contribution in [0, 0.1) is 11.3 Å². The van der Waals surface area contributed by atoms with Crippen LogP contribution in [0.1, 0.15) is 46.5 Å². The molecule has 0 aliphatic heterocycles. The van der Waals surface area contributed by atoms with Gasteiger partial charge in [-0.3, -0.25) is 0 Å². The van der Waals surface area contributed by atoms with E-state index in [-0.39, 0.29) is 18.6 Å². The van der Waals surface area contributed by atoms with Gasteiger partial charge in [0, 0.05) is 17.6 Å². The first kappa shape index (κ1) is 26.2. The van der Waals surface area contributed by atoms with Crippen LogP contribution in [0.2, 0.25) is 0 Å². The van der Waals surface area contributed by atoms with Crippen molar-refractivity contribution < 1.29 is 30.0 Å². The van der Waals surface area contributed by atoms with E-state index in [4.69, 9.17) is 10.2 Å². The number of aliphatic carboxylic acids is 2. The Labute approximate surface area is 139 Å². The molecule has 0 saturated heterocycles. The van der Waals surface area contributed by atoms with Crippen molar-refractivity contribution in [2.75, 3.05) is 13.2 Å². The number of hydrogen-bond donors (Lipinski definition) is 4. The molecular weight excluding hydrogens is 300 g/mol. The molecular formula is C17H32O6. The topological polar surface area (TPSA) is 115 Å². The Morgan fingerprint density at radius 1 is 1.04 bits per heavy atom. The van der Waals surface area contributed by atoms with Crippen molar-refractivity contribution >= 4 is 11.9 Å². The summed E-state index contributed by atoms with van der Waals surface area (Å²) in [5.41, 5.74) is -0.232. The monoisotopic (exact) mass is 332 g/mol. The number of aliphatic hydroxyl groups is 2. The summed E-state index contributed by atoms with van der Waals surface area (Å²) < 4.78 is 0. The zero-order chi connectivity index (χ0) is 18.9. The summed E-state index contributed by atoms with van der Waals surface area (Å²) in [7, 11) is 0. The van der Waals surface area contributed by atoms with Gasteiger partial charge in [-0.05, 0) is 18.8 Å². The van der Waals surface area contributed by atoms with Gasteiger partial charge in [-0.1, -0.05) is 46.8 Å². The summed E-state index contributed by atoms with van der Waals surface area (Å²) in [6, 6.07) is 0. The molecule has 0 aromatic carbocycles. The van der Waals surface area contributed by atoms with E-state index in [1.165, 1.54) is 0 Å². The number of carbonyl (C=O) groups is 2. The molecule has 23 heavy (non-hydrogen) atoms. The zero-order valence-electron chi connectivity index (χ0n) is 14.5. The lowest BCUT2D eigenvalue weighted by molar-refractivity contribution is -0.132. The van der Waals surface area contributed by atoms with Crippen LogP contribution in [0.15, 0.2) is 25.3 Å². The molecule has 6 heteroatoms. The number of aliphatic hydroxyl groups excluding tert-OH is 2. The second kappa shape index (κ2) is 16.7. The molecule has 0 spiro atoms. The lowest BCUT2D eigenvalue weighted by Crippen LogP contribution is -2.31. The van der Waals surface area contributed by atoms with Crippen LogP contribution >= 0.6 is 0 Å². The van der Waals surface area contributed by atoms with Crippen molar-refractivity contribution in [2.24, 2.45) is 11.3 Å². The molecule has 0 radical (unpaired) electrons. The van der Waals surface area contributed by atoms with Gasteiger partial charge in [0.15, 0.2) is 0 Å². The summed E-state index contributed by atoms with van der Waals surface area (Å²) in [5, 5.41) is 33.8. The minimum absolute atomic E-state index is 0.113. The van der Waals surface area contributed by atoms with Crippen LogP contribution < -0.4 is 0 Å². The van der Waals surface area contributed by atoms with Gasteiger partial charge in [0.2, 0.25) is 0 Å². The van der Waals surface area contributed by atoms with E-state index < -0.39 is 11.9 Å². The first-order valence-corrected chi connectivity index (χ1v) is 7.60. The first-order chi connectivity index (χ1) is 10.7. The Balaban J connectivity index is -0.000000329. The lowest BCUT2D eigenvalue weighted by atomic mass is 9.77. The minimum Gasteiger partial charge on any atom is -0.478 e. The quantitative estimate of drug-likeness (QED) is 0.483. The molecule has 0 saturated carbocycles. The molecule has 1 atom stereocenters. The molecule has 0 amide bonds. The first-order valence-electron chi connectivity index (χ1n) is 7.60. The van der Waals surface area contributed by atoms with Gasteiger partial charge in [0.1, 0.15) is 0 Å². The maximum Gasteiger partial charge on any atom is 0.327 e. The Bertz CT molecular complexity index is 316. The largest absolute Gasteiger partial charge is 0.478 e. The van der Waals surface area contributed by atoms with Gasteiger partial charge < -0.3 is 20.4 Å². The highest BCUT2D eigenvalue weighted by Gasteiger charge is 2.29. The third-order valence-electron chi connectivity index (χ3n) is 3.28. The van der Waals surface area contributed by atoms with Gasteiger partial charge in [-0.2, -0.15) is 0 Å². The Kier molecular flexibility index (Phi) is 19.1. The summed E-state index contributed by atoms with van der Waals surface area (Å²) in [4.78, 5) is 18.5. The molecule has 0 aliphatic carbocycles. The van der Waals surface area contributed by atoms with Crippen molar-refractivity contribution in [1.29, 1.82) is 0 Å². The van der Waals surface area contributed by atoms with E-state index in [9.17, 15) is 19.8 Å². The normalized spacial score (nSPS) is 11.0. The molecule has 136 valence electrons. The fraction of sp³-hybridized carbons (Fsp3) is 0.647. The van der Waals surface area contributed by atoms with E-state index in [0.29, 0.717) is 5.92 Å². The second-order valence-corrected chi connectivity index (χ2v) is 5.37. The van der Waals surface area contributed by atoms with Crippen molar-refractivity contribution in [1.82, 2.24) is 0 Å². The molecule has 0 aromatic heterocycles. The SMILES string of the molecule is C=CC(=O)O.C=CC(=O)O.CCCC(CO)(CO)CC(C)CC.